The van der Waals surface area contributed by atoms with Crippen LogP contribution in [0.5, 0.6) is 0 Å². The van der Waals surface area contributed by atoms with Crippen LogP contribution in [0.1, 0.15) is 59.8 Å². The number of rotatable bonds is 8. The van der Waals surface area contributed by atoms with Crippen molar-refractivity contribution in [2.75, 3.05) is 0 Å². The topological polar surface area (TPSA) is 86.3 Å². The van der Waals surface area contributed by atoms with Gasteiger partial charge in [0.25, 0.3) is 0 Å². The molecule has 35 heavy (non-hydrogen) atoms. The van der Waals surface area contributed by atoms with Gasteiger partial charge in [-0.25, -0.2) is 0 Å². The number of nitrogens with one attached hydrogen (secondary N) is 3. The van der Waals surface area contributed by atoms with Crippen molar-refractivity contribution in [1.82, 2.24) is 20.9 Å². The molecule has 2 aromatic carbocycles. The molecule has 1 amide bonds. The predicted octanol–water partition coefficient (Wildman–Crippen LogP) is 3.49. The molecule has 0 saturated carbocycles. The first-order valence-electron chi connectivity index (χ1n) is 12.3. The van der Waals surface area contributed by atoms with Gasteiger partial charge in [0.1, 0.15) is 0 Å². The highest BCUT2D eigenvalue weighted by molar-refractivity contribution is 5.82. The zero-order chi connectivity index (χ0) is 24.8. The standard InChI is InChI=1S/C29H36N4O2/c1-29(2,3)25-10-11-31-26(14-25)18-30-16-23-9-8-20(12-24(23)19-34)15-33-28(35)27-13-21-6-4-5-7-22(21)17-32-27/h4-12,14,27,30,32,34H,13,15-19H2,1-3H3,(H,33,35). The third kappa shape index (κ3) is 6.54. The second-order valence-electron chi connectivity index (χ2n) is 10.3. The average Bonchev–Trinajstić information content (AvgIpc) is 2.87. The first-order chi connectivity index (χ1) is 16.8. The van der Waals surface area contributed by atoms with Crippen molar-refractivity contribution in [3.8, 4) is 0 Å². The zero-order valence-electron chi connectivity index (χ0n) is 20.9. The molecule has 1 atom stereocenters. The highest BCUT2D eigenvalue weighted by Crippen LogP contribution is 2.22. The Bertz CT molecular complexity index is 1170. The summed E-state index contributed by atoms with van der Waals surface area (Å²) in [5, 5.41) is 19.7. The van der Waals surface area contributed by atoms with Crippen LogP contribution < -0.4 is 16.0 Å². The van der Waals surface area contributed by atoms with Gasteiger partial charge in [-0.1, -0.05) is 63.2 Å². The number of carbonyl (C=O) groups is 1. The van der Waals surface area contributed by atoms with E-state index in [1.165, 1.54) is 16.7 Å². The first kappa shape index (κ1) is 25.0. The van der Waals surface area contributed by atoms with E-state index >= 15 is 0 Å². The number of carbonyl (C=O) groups excluding carboxylic acids is 1. The molecule has 4 N–H and O–H groups in total. The summed E-state index contributed by atoms with van der Waals surface area (Å²) in [5.41, 5.74) is 7.72. The summed E-state index contributed by atoms with van der Waals surface area (Å²) in [4.78, 5) is 17.2. The van der Waals surface area contributed by atoms with Crippen molar-refractivity contribution < 1.29 is 9.90 Å². The fraction of sp³-hybridized carbons (Fsp3) is 0.379. The molecular weight excluding hydrogens is 436 g/mol. The lowest BCUT2D eigenvalue weighted by molar-refractivity contribution is -0.123. The molecule has 6 heteroatoms. The van der Waals surface area contributed by atoms with Crippen molar-refractivity contribution in [2.45, 2.75) is 71.4 Å². The Kier molecular flexibility index (Phi) is 7.96. The lowest BCUT2D eigenvalue weighted by atomic mass is 9.87. The minimum atomic E-state index is -0.226. The van der Waals surface area contributed by atoms with E-state index in [0.29, 0.717) is 32.6 Å². The first-order valence-corrected chi connectivity index (χ1v) is 12.3. The summed E-state index contributed by atoms with van der Waals surface area (Å²) < 4.78 is 0. The van der Waals surface area contributed by atoms with E-state index < -0.39 is 0 Å². The van der Waals surface area contributed by atoms with E-state index in [-0.39, 0.29) is 24.0 Å². The largest absolute Gasteiger partial charge is 0.392 e. The Labute approximate surface area is 208 Å². The fourth-order valence-corrected chi connectivity index (χ4v) is 4.43. The van der Waals surface area contributed by atoms with Gasteiger partial charge in [0, 0.05) is 32.4 Å². The third-order valence-electron chi connectivity index (χ3n) is 6.61. The number of hydrogen-bond donors (Lipinski definition) is 4. The fourth-order valence-electron chi connectivity index (χ4n) is 4.43. The molecule has 0 spiro atoms. The van der Waals surface area contributed by atoms with Gasteiger partial charge in [-0.05, 0) is 57.3 Å². The zero-order valence-corrected chi connectivity index (χ0v) is 20.9. The Hall–Kier alpha value is -3.06. The van der Waals surface area contributed by atoms with E-state index in [0.717, 1.165) is 22.4 Å². The number of fused-ring (bicyclic) bond motifs is 1. The Balaban J connectivity index is 1.30. The maximum Gasteiger partial charge on any atom is 0.237 e. The molecule has 1 aliphatic heterocycles. The normalized spacial score (nSPS) is 15.5. The second kappa shape index (κ2) is 11.1. The minimum absolute atomic E-state index is 0.000724. The van der Waals surface area contributed by atoms with Gasteiger partial charge in [0.05, 0.1) is 18.3 Å². The van der Waals surface area contributed by atoms with Crippen LogP contribution >= 0.6 is 0 Å². The molecule has 3 aromatic rings. The molecule has 184 valence electrons. The van der Waals surface area contributed by atoms with E-state index in [9.17, 15) is 9.90 Å². The van der Waals surface area contributed by atoms with Crippen LogP contribution in [0.15, 0.2) is 60.8 Å². The number of aromatic nitrogens is 1. The highest BCUT2D eigenvalue weighted by atomic mass is 16.3. The summed E-state index contributed by atoms with van der Waals surface area (Å²) in [6.45, 7) is 8.98. The Morgan fingerprint density at radius 3 is 2.60 bits per heavy atom. The van der Waals surface area contributed by atoms with Crippen LogP contribution in [0, 0.1) is 0 Å². The third-order valence-corrected chi connectivity index (χ3v) is 6.61. The van der Waals surface area contributed by atoms with Crippen LogP contribution in [0.2, 0.25) is 0 Å². The monoisotopic (exact) mass is 472 g/mol. The number of benzene rings is 2. The molecular formula is C29H36N4O2. The van der Waals surface area contributed by atoms with Crippen molar-refractivity contribution >= 4 is 5.91 Å². The smallest absolute Gasteiger partial charge is 0.237 e. The molecule has 1 unspecified atom stereocenters. The summed E-state index contributed by atoms with van der Waals surface area (Å²) in [5.74, 6) is 0.000724. The molecule has 0 saturated heterocycles. The van der Waals surface area contributed by atoms with Crippen LogP contribution in [0.25, 0.3) is 0 Å². The molecule has 0 aliphatic carbocycles. The summed E-state index contributed by atoms with van der Waals surface area (Å²) >= 11 is 0. The molecule has 1 aliphatic rings. The number of aliphatic hydroxyl groups is 1. The molecule has 0 bridgehead atoms. The van der Waals surface area contributed by atoms with E-state index in [4.69, 9.17) is 0 Å². The second-order valence-corrected chi connectivity index (χ2v) is 10.3. The molecule has 0 radical (unpaired) electrons. The van der Waals surface area contributed by atoms with Crippen LogP contribution in [0.3, 0.4) is 0 Å². The predicted molar refractivity (Wildman–Crippen MR) is 138 cm³/mol. The molecule has 4 rings (SSSR count). The van der Waals surface area contributed by atoms with Crippen LogP contribution in [-0.4, -0.2) is 22.0 Å². The maximum absolute atomic E-state index is 12.7. The summed E-state index contributed by atoms with van der Waals surface area (Å²) in [6, 6.07) is 18.2. The quantitative estimate of drug-likeness (QED) is 0.403. The van der Waals surface area contributed by atoms with Gasteiger partial charge < -0.3 is 21.1 Å². The van der Waals surface area contributed by atoms with Crippen LogP contribution in [0.4, 0.5) is 0 Å². The minimum Gasteiger partial charge on any atom is -0.392 e. The highest BCUT2D eigenvalue weighted by Gasteiger charge is 2.23. The van der Waals surface area contributed by atoms with Crippen molar-refractivity contribution in [3.63, 3.8) is 0 Å². The van der Waals surface area contributed by atoms with E-state index in [2.05, 4.69) is 66.0 Å². The molecule has 1 aromatic heterocycles. The number of pyridine rings is 1. The number of hydrogen-bond acceptors (Lipinski definition) is 5. The van der Waals surface area contributed by atoms with Crippen molar-refractivity contribution in [3.05, 3.63) is 99.9 Å². The summed E-state index contributed by atoms with van der Waals surface area (Å²) in [7, 11) is 0. The maximum atomic E-state index is 12.7. The number of amides is 1. The van der Waals surface area contributed by atoms with Gasteiger partial charge in [0.2, 0.25) is 5.91 Å². The average molecular weight is 473 g/mol. The van der Waals surface area contributed by atoms with E-state index in [1.54, 1.807) is 0 Å². The number of nitrogens with zero attached hydrogens (tertiary/aromatic N) is 1. The number of aliphatic hydroxyl groups excluding tert-OH is 1. The molecule has 0 fully saturated rings. The van der Waals surface area contributed by atoms with E-state index in [1.807, 2.05) is 36.5 Å². The SMILES string of the molecule is CC(C)(C)c1ccnc(CNCc2ccc(CNC(=O)C3Cc4ccccc4CN3)cc2CO)c1. The lowest BCUT2D eigenvalue weighted by Gasteiger charge is -2.25. The van der Waals surface area contributed by atoms with Gasteiger partial charge >= 0.3 is 0 Å². The molecule has 2 heterocycles. The lowest BCUT2D eigenvalue weighted by Crippen LogP contribution is -2.47. The Morgan fingerprint density at radius 2 is 1.83 bits per heavy atom. The van der Waals surface area contributed by atoms with Gasteiger partial charge in [-0.3, -0.25) is 9.78 Å². The Morgan fingerprint density at radius 1 is 1.03 bits per heavy atom. The van der Waals surface area contributed by atoms with Crippen molar-refractivity contribution in [2.24, 2.45) is 0 Å². The van der Waals surface area contributed by atoms with Crippen LogP contribution in [-0.2, 0) is 49.4 Å². The summed E-state index contributed by atoms with van der Waals surface area (Å²) in [6.07, 6.45) is 2.56. The van der Waals surface area contributed by atoms with Crippen molar-refractivity contribution in [1.29, 1.82) is 0 Å². The van der Waals surface area contributed by atoms with Gasteiger partial charge in [-0.2, -0.15) is 0 Å². The molecule has 6 nitrogen and oxygen atoms in total. The van der Waals surface area contributed by atoms with Gasteiger partial charge in [-0.15, -0.1) is 0 Å². The van der Waals surface area contributed by atoms with Gasteiger partial charge in [0.15, 0.2) is 0 Å².